The molecule has 0 aliphatic carbocycles. The zero-order valence-corrected chi connectivity index (χ0v) is 9.19. The molecule has 0 radical (unpaired) electrons. The van der Waals surface area contributed by atoms with Gasteiger partial charge < -0.3 is 5.73 Å². The van der Waals surface area contributed by atoms with E-state index in [4.69, 9.17) is 5.73 Å². The fraction of sp³-hybridized carbons (Fsp3) is 1.00. The number of hydrogen-bond donors (Lipinski definition) is 1. The molecule has 74 valence electrons. The fourth-order valence-electron chi connectivity index (χ4n) is 2.02. The summed E-state index contributed by atoms with van der Waals surface area (Å²) in [6.07, 6.45) is 5.11. The molecule has 0 aromatic heterocycles. The smallest absolute Gasteiger partial charge is 0.00438 e. The van der Waals surface area contributed by atoms with E-state index in [1.807, 2.05) is 0 Å². The minimum atomic E-state index is 0.444. The molecule has 0 aliphatic heterocycles. The Balaban J connectivity index is 4.05. The van der Waals surface area contributed by atoms with Gasteiger partial charge in [-0.3, -0.25) is 0 Å². The van der Waals surface area contributed by atoms with Gasteiger partial charge in [0, 0.05) is 0 Å². The third-order valence-electron chi connectivity index (χ3n) is 2.92. The molecule has 0 amide bonds. The van der Waals surface area contributed by atoms with Crippen LogP contribution < -0.4 is 5.73 Å². The van der Waals surface area contributed by atoms with Crippen LogP contribution in [0.3, 0.4) is 0 Å². The summed E-state index contributed by atoms with van der Waals surface area (Å²) in [6.45, 7) is 10.0. The van der Waals surface area contributed by atoms with Gasteiger partial charge in [0.15, 0.2) is 0 Å². The molecule has 0 aromatic rings. The van der Waals surface area contributed by atoms with Crippen molar-refractivity contribution in [2.45, 2.75) is 53.4 Å². The quantitative estimate of drug-likeness (QED) is 0.652. The lowest BCUT2D eigenvalue weighted by molar-refractivity contribution is 0.186. The van der Waals surface area contributed by atoms with E-state index >= 15 is 0 Å². The molecule has 2 N–H and O–H groups in total. The zero-order chi connectivity index (χ0) is 9.61. The van der Waals surface area contributed by atoms with Crippen molar-refractivity contribution in [3.8, 4) is 0 Å². The van der Waals surface area contributed by atoms with Crippen molar-refractivity contribution in [1.29, 1.82) is 0 Å². The highest BCUT2D eigenvalue weighted by Gasteiger charge is 2.26. The van der Waals surface area contributed by atoms with Crippen molar-refractivity contribution in [1.82, 2.24) is 0 Å². The van der Waals surface area contributed by atoms with Crippen LogP contribution in [0.4, 0.5) is 0 Å². The van der Waals surface area contributed by atoms with Crippen molar-refractivity contribution in [3.63, 3.8) is 0 Å². The van der Waals surface area contributed by atoms with Crippen LogP contribution in [0.2, 0.25) is 0 Å². The molecular formula is C11H25N. The van der Waals surface area contributed by atoms with Crippen LogP contribution in [0.15, 0.2) is 0 Å². The van der Waals surface area contributed by atoms with E-state index in [-0.39, 0.29) is 0 Å². The average Bonchev–Trinajstić information content (AvgIpc) is 1.99. The first-order valence-electron chi connectivity index (χ1n) is 5.28. The van der Waals surface area contributed by atoms with Crippen LogP contribution in [0.1, 0.15) is 53.4 Å². The normalized spacial score (nSPS) is 14.8. The molecule has 0 aliphatic rings. The Bertz CT molecular complexity index is 108. The molecule has 0 saturated heterocycles. The third kappa shape index (κ3) is 3.57. The summed E-state index contributed by atoms with van der Waals surface area (Å²) in [5.41, 5.74) is 6.22. The maximum Gasteiger partial charge on any atom is -0.00438 e. The van der Waals surface area contributed by atoms with Gasteiger partial charge in [0.05, 0.1) is 0 Å². The van der Waals surface area contributed by atoms with E-state index in [0.717, 1.165) is 6.54 Å². The second-order valence-corrected chi connectivity index (χ2v) is 4.46. The first-order valence-corrected chi connectivity index (χ1v) is 5.28. The largest absolute Gasteiger partial charge is 0.330 e. The first-order chi connectivity index (χ1) is 5.58. The standard InChI is InChI=1S/C11H25N/c1-5-7-10(9-12)11(3,4)8-6-2/h10H,5-9,12H2,1-4H3. The van der Waals surface area contributed by atoms with E-state index in [1.165, 1.54) is 25.7 Å². The topological polar surface area (TPSA) is 26.0 Å². The SMILES string of the molecule is CCCC(CN)C(C)(C)CCC. The van der Waals surface area contributed by atoms with Gasteiger partial charge in [0.2, 0.25) is 0 Å². The summed E-state index contributed by atoms with van der Waals surface area (Å²) in [7, 11) is 0. The molecule has 1 nitrogen and oxygen atoms in total. The Labute approximate surface area is 77.7 Å². The van der Waals surface area contributed by atoms with Crippen molar-refractivity contribution >= 4 is 0 Å². The fourth-order valence-corrected chi connectivity index (χ4v) is 2.02. The molecule has 0 rings (SSSR count). The highest BCUT2D eigenvalue weighted by Crippen LogP contribution is 2.34. The second-order valence-electron chi connectivity index (χ2n) is 4.46. The van der Waals surface area contributed by atoms with Gasteiger partial charge in [0.25, 0.3) is 0 Å². The number of rotatable bonds is 6. The Hall–Kier alpha value is -0.0400. The minimum Gasteiger partial charge on any atom is -0.330 e. The maximum atomic E-state index is 5.78. The molecule has 0 bridgehead atoms. The third-order valence-corrected chi connectivity index (χ3v) is 2.92. The Morgan fingerprint density at radius 1 is 1.17 bits per heavy atom. The summed E-state index contributed by atoms with van der Waals surface area (Å²) in [6, 6.07) is 0. The molecule has 12 heavy (non-hydrogen) atoms. The van der Waals surface area contributed by atoms with Crippen LogP contribution in [0, 0.1) is 11.3 Å². The maximum absolute atomic E-state index is 5.78. The van der Waals surface area contributed by atoms with Crippen molar-refractivity contribution in [3.05, 3.63) is 0 Å². The van der Waals surface area contributed by atoms with Gasteiger partial charge >= 0.3 is 0 Å². The predicted octanol–water partition coefficient (Wildman–Crippen LogP) is 3.19. The van der Waals surface area contributed by atoms with Gasteiger partial charge in [-0.25, -0.2) is 0 Å². The molecule has 0 heterocycles. The number of hydrogen-bond acceptors (Lipinski definition) is 1. The number of nitrogens with two attached hydrogens (primary N) is 1. The summed E-state index contributed by atoms with van der Waals surface area (Å²) < 4.78 is 0. The van der Waals surface area contributed by atoms with Gasteiger partial charge in [0.1, 0.15) is 0 Å². The van der Waals surface area contributed by atoms with Gasteiger partial charge in [-0.05, 0) is 30.7 Å². The van der Waals surface area contributed by atoms with Crippen LogP contribution in [-0.4, -0.2) is 6.54 Å². The van der Waals surface area contributed by atoms with Crippen molar-refractivity contribution < 1.29 is 0 Å². The minimum absolute atomic E-state index is 0.444. The molecule has 0 aromatic carbocycles. The van der Waals surface area contributed by atoms with E-state index in [0.29, 0.717) is 11.3 Å². The van der Waals surface area contributed by atoms with E-state index in [2.05, 4.69) is 27.7 Å². The molecule has 1 unspecified atom stereocenters. The van der Waals surface area contributed by atoms with Crippen molar-refractivity contribution in [2.75, 3.05) is 6.54 Å². The van der Waals surface area contributed by atoms with Gasteiger partial charge in [-0.1, -0.05) is 40.5 Å². The van der Waals surface area contributed by atoms with Crippen LogP contribution in [-0.2, 0) is 0 Å². The molecular weight excluding hydrogens is 146 g/mol. The highest BCUT2D eigenvalue weighted by atomic mass is 14.6. The molecule has 1 atom stereocenters. The van der Waals surface area contributed by atoms with Gasteiger partial charge in [-0.2, -0.15) is 0 Å². The summed E-state index contributed by atoms with van der Waals surface area (Å²) >= 11 is 0. The predicted molar refractivity (Wildman–Crippen MR) is 56.1 cm³/mol. The van der Waals surface area contributed by atoms with E-state index in [9.17, 15) is 0 Å². The van der Waals surface area contributed by atoms with E-state index in [1.54, 1.807) is 0 Å². The van der Waals surface area contributed by atoms with Crippen molar-refractivity contribution in [2.24, 2.45) is 17.1 Å². The monoisotopic (exact) mass is 171 g/mol. The lowest BCUT2D eigenvalue weighted by Crippen LogP contribution is -2.30. The zero-order valence-electron chi connectivity index (χ0n) is 9.19. The summed E-state index contributed by atoms with van der Waals surface area (Å²) in [5.74, 6) is 0.711. The van der Waals surface area contributed by atoms with Crippen LogP contribution in [0.25, 0.3) is 0 Å². The lowest BCUT2D eigenvalue weighted by Gasteiger charge is -2.33. The van der Waals surface area contributed by atoms with E-state index < -0.39 is 0 Å². The highest BCUT2D eigenvalue weighted by molar-refractivity contribution is 4.78. The van der Waals surface area contributed by atoms with Gasteiger partial charge in [-0.15, -0.1) is 0 Å². The molecule has 0 saturated carbocycles. The molecule has 1 heteroatoms. The summed E-state index contributed by atoms with van der Waals surface area (Å²) in [5, 5.41) is 0. The van der Waals surface area contributed by atoms with Crippen LogP contribution >= 0.6 is 0 Å². The Morgan fingerprint density at radius 2 is 1.75 bits per heavy atom. The Morgan fingerprint density at radius 3 is 2.08 bits per heavy atom. The second kappa shape index (κ2) is 5.58. The average molecular weight is 171 g/mol. The lowest BCUT2D eigenvalue weighted by atomic mass is 9.73. The summed E-state index contributed by atoms with van der Waals surface area (Å²) in [4.78, 5) is 0. The Kier molecular flexibility index (Phi) is 5.56. The van der Waals surface area contributed by atoms with Crippen LogP contribution in [0.5, 0.6) is 0 Å². The molecule has 0 fully saturated rings. The first kappa shape index (κ1) is 12.0. The molecule has 0 spiro atoms.